The maximum atomic E-state index is 11.6. The number of rotatable bonds is 13. The second-order valence-electron chi connectivity index (χ2n) is 9.71. The Bertz CT molecular complexity index is 604. The molecular weight excluding hydrogens is 436 g/mol. The second-order valence-corrected chi connectivity index (χ2v) is 9.71. The number of carbonyl (C=O) groups excluding carboxylic acids is 2. The molecule has 0 aromatic rings. The van der Waals surface area contributed by atoms with Gasteiger partial charge in [-0.15, -0.1) is 0 Å². The highest BCUT2D eigenvalue weighted by Gasteiger charge is 2.20. The van der Waals surface area contributed by atoms with E-state index < -0.39 is 41.7 Å². The van der Waals surface area contributed by atoms with Crippen LogP contribution in [0.5, 0.6) is 0 Å². The van der Waals surface area contributed by atoms with Crippen LogP contribution in [-0.2, 0) is 9.47 Å². The van der Waals surface area contributed by atoms with Gasteiger partial charge in [-0.25, -0.2) is 14.4 Å². The molecule has 33 heavy (non-hydrogen) atoms. The van der Waals surface area contributed by atoms with Gasteiger partial charge in [-0.3, -0.25) is 0 Å². The number of aliphatic hydroxyl groups excluding tert-OH is 2. The number of ether oxygens (including phenoxy) is 2. The number of hydrogen-bond acceptors (Lipinski definition) is 8. The lowest BCUT2D eigenvalue weighted by atomic mass is 10.2. The number of nitrogens with zero attached hydrogens (tertiary/aromatic N) is 1. The normalized spacial score (nSPS) is 13.6. The van der Waals surface area contributed by atoms with Gasteiger partial charge in [0, 0.05) is 26.2 Å². The molecule has 0 fully saturated rings. The number of carboxylic acid groups (broad SMARTS) is 1. The third-order valence-electron chi connectivity index (χ3n) is 3.88. The van der Waals surface area contributed by atoms with E-state index in [2.05, 4.69) is 16.0 Å². The van der Waals surface area contributed by atoms with E-state index in [1.165, 1.54) is 0 Å². The van der Waals surface area contributed by atoms with Crippen molar-refractivity contribution >= 4 is 18.3 Å². The number of unbranched alkanes of at least 4 members (excludes halogenated alkanes) is 1. The van der Waals surface area contributed by atoms with Crippen LogP contribution in [0.4, 0.5) is 14.4 Å². The first-order valence-electron chi connectivity index (χ1n) is 11.1. The summed E-state index contributed by atoms with van der Waals surface area (Å²) in [5, 5.41) is 37.1. The Morgan fingerprint density at radius 2 is 1.30 bits per heavy atom. The van der Waals surface area contributed by atoms with Gasteiger partial charge in [0.25, 0.3) is 0 Å². The summed E-state index contributed by atoms with van der Waals surface area (Å²) in [4.78, 5) is 35.6. The molecule has 0 aliphatic carbocycles. The van der Waals surface area contributed by atoms with Crippen molar-refractivity contribution in [3.8, 4) is 0 Å². The lowest BCUT2D eigenvalue weighted by Gasteiger charge is -2.24. The lowest BCUT2D eigenvalue weighted by molar-refractivity contribution is 0.0466. The van der Waals surface area contributed by atoms with Crippen molar-refractivity contribution in [1.82, 2.24) is 20.9 Å². The van der Waals surface area contributed by atoms with E-state index in [-0.39, 0.29) is 32.7 Å². The maximum Gasteiger partial charge on any atom is 0.407 e. The molecule has 0 aromatic carbocycles. The van der Waals surface area contributed by atoms with Crippen LogP contribution in [-0.4, -0.2) is 101 Å². The van der Waals surface area contributed by atoms with Gasteiger partial charge in [-0.2, -0.15) is 0 Å². The average molecular weight is 479 g/mol. The molecule has 0 saturated heterocycles. The first-order valence-corrected chi connectivity index (χ1v) is 11.1. The van der Waals surface area contributed by atoms with Crippen molar-refractivity contribution in [3.05, 3.63) is 0 Å². The van der Waals surface area contributed by atoms with E-state index in [1.54, 1.807) is 41.5 Å². The molecule has 0 saturated carbocycles. The summed E-state index contributed by atoms with van der Waals surface area (Å²) in [5.74, 6) is 0. The van der Waals surface area contributed by atoms with Crippen molar-refractivity contribution < 1.29 is 39.2 Å². The Kier molecular flexibility index (Phi) is 13.7. The zero-order valence-corrected chi connectivity index (χ0v) is 20.6. The van der Waals surface area contributed by atoms with E-state index in [1.807, 2.05) is 0 Å². The molecule has 12 nitrogen and oxygen atoms in total. The summed E-state index contributed by atoms with van der Waals surface area (Å²) in [7, 11) is 0. The van der Waals surface area contributed by atoms with Crippen molar-refractivity contribution in [2.75, 3.05) is 39.3 Å². The molecule has 0 heterocycles. The monoisotopic (exact) mass is 478 g/mol. The predicted molar refractivity (Wildman–Crippen MR) is 122 cm³/mol. The summed E-state index contributed by atoms with van der Waals surface area (Å²) in [6.45, 7) is 11.2. The summed E-state index contributed by atoms with van der Waals surface area (Å²) in [6, 6.07) is 0. The third kappa shape index (κ3) is 18.9. The van der Waals surface area contributed by atoms with Crippen LogP contribution in [0.2, 0.25) is 0 Å². The van der Waals surface area contributed by atoms with Crippen LogP contribution in [0.1, 0.15) is 54.4 Å². The van der Waals surface area contributed by atoms with Crippen molar-refractivity contribution in [1.29, 1.82) is 0 Å². The Morgan fingerprint density at radius 1 is 0.818 bits per heavy atom. The van der Waals surface area contributed by atoms with Gasteiger partial charge in [0.15, 0.2) is 0 Å². The fourth-order valence-electron chi connectivity index (χ4n) is 2.51. The molecule has 6 N–H and O–H groups in total. The Labute approximate surface area is 196 Å². The molecule has 3 amide bonds. The van der Waals surface area contributed by atoms with Crippen LogP contribution in [0.3, 0.4) is 0 Å². The minimum atomic E-state index is -1.16. The molecule has 2 atom stereocenters. The molecule has 2 unspecified atom stereocenters. The minimum absolute atomic E-state index is 0.0456. The molecule has 0 spiro atoms. The summed E-state index contributed by atoms with van der Waals surface area (Å²) >= 11 is 0. The number of carbonyl (C=O) groups is 3. The highest BCUT2D eigenvalue weighted by atomic mass is 16.6. The first-order chi connectivity index (χ1) is 15.1. The van der Waals surface area contributed by atoms with Gasteiger partial charge in [-0.05, 0) is 60.9 Å². The standard InChI is InChI=1S/C21H42N4O8/c1-20(2,3)32-17(28)23-12-15(26)11-22-9-7-8-10-25(19(30)31)14-16(27)13-24-18(29)33-21(4,5)6/h15-16,22,26-27H,7-14H2,1-6H3,(H,23,28)(H,24,29)(H,30,31). The van der Waals surface area contributed by atoms with Crippen molar-refractivity contribution in [2.45, 2.75) is 77.8 Å². The quantitative estimate of drug-likeness (QED) is 0.212. The van der Waals surface area contributed by atoms with Gasteiger partial charge < -0.3 is 45.6 Å². The van der Waals surface area contributed by atoms with E-state index in [0.717, 1.165) is 4.90 Å². The number of alkyl carbamates (subject to hydrolysis) is 2. The highest BCUT2D eigenvalue weighted by Crippen LogP contribution is 2.07. The van der Waals surface area contributed by atoms with Crippen molar-refractivity contribution in [2.24, 2.45) is 0 Å². The Hall–Kier alpha value is -2.31. The smallest absolute Gasteiger partial charge is 0.407 e. The number of hydrogen-bond donors (Lipinski definition) is 6. The molecule has 0 aliphatic rings. The molecule has 0 radical (unpaired) electrons. The lowest BCUT2D eigenvalue weighted by Crippen LogP contribution is -2.43. The van der Waals surface area contributed by atoms with E-state index in [9.17, 15) is 29.7 Å². The topological polar surface area (TPSA) is 170 Å². The second kappa shape index (κ2) is 14.8. The molecule has 12 heteroatoms. The third-order valence-corrected chi connectivity index (χ3v) is 3.88. The van der Waals surface area contributed by atoms with Crippen LogP contribution >= 0.6 is 0 Å². The first kappa shape index (κ1) is 30.7. The SMILES string of the molecule is CC(C)(C)OC(=O)NCC(O)CNCCCCN(CC(O)CNC(=O)OC(C)(C)C)C(=O)O. The molecule has 0 aromatic heterocycles. The summed E-state index contributed by atoms with van der Waals surface area (Å²) in [6.07, 6.45) is -3.13. The zero-order valence-electron chi connectivity index (χ0n) is 20.6. The fraction of sp³-hybridized carbons (Fsp3) is 0.857. The van der Waals surface area contributed by atoms with Crippen LogP contribution in [0.15, 0.2) is 0 Å². The molecular formula is C21H42N4O8. The fourth-order valence-corrected chi connectivity index (χ4v) is 2.51. The molecule has 194 valence electrons. The van der Waals surface area contributed by atoms with Crippen LogP contribution in [0, 0.1) is 0 Å². The van der Waals surface area contributed by atoms with Crippen molar-refractivity contribution in [3.63, 3.8) is 0 Å². The predicted octanol–water partition coefficient (Wildman–Crippen LogP) is 1.11. The van der Waals surface area contributed by atoms with Gasteiger partial charge >= 0.3 is 18.3 Å². The maximum absolute atomic E-state index is 11.6. The van der Waals surface area contributed by atoms with E-state index in [0.29, 0.717) is 19.4 Å². The molecule has 0 bridgehead atoms. The van der Waals surface area contributed by atoms with Crippen LogP contribution in [0.25, 0.3) is 0 Å². The number of amides is 3. The summed E-state index contributed by atoms with van der Waals surface area (Å²) < 4.78 is 10.1. The zero-order chi connectivity index (χ0) is 25.7. The van der Waals surface area contributed by atoms with Gasteiger partial charge in [0.2, 0.25) is 0 Å². The average Bonchev–Trinajstić information content (AvgIpc) is 2.63. The molecule has 0 aliphatic heterocycles. The largest absolute Gasteiger partial charge is 0.465 e. The van der Waals surface area contributed by atoms with E-state index >= 15 is 0 Å². The Balaban J connectivity index is 4.03. The number of nitrogens with one attached hydrogen (secondary N) is 3. The van der Waals surface area contributed by atoms with Crippen LogP contribution < -0.4 is 16.0 Å². The van der Waals surface area contributed by atoms with Gasteiger partial charge in [0.05, 0.1) is 18.8 Å². The Morgan fingerprint density at radius 3 is 1.76 bits per heavy atom. The van der Waals surface area contributed by atoms with Gasteiger partial charge in [-0.1, -0.05) is 0 Å². The van der Waals surface area contributed by atoms with Gasteiger partial charge in [0.1, 0.15) is 11.2 Å². The highest BCUT2D eigenvalue weighted by molar-refractivity contribution is 5.68. The molecule has 0 rings (SSSR count). The van der Waals surface area contributed by atoms with E-state index in [4.69, 9.17) is 9.47 Å². The summed E-state index contributed by atoms with van der Waals surface area (Å²) in [5.41, 5.74) is -1.28. The number of aliphatic hydroxyl groups is 2. The minimum Gasteiger partial charge on any atom is -0.465 e.